The molecule has 3 N–H and O–H groups in total. The second kappa shape index (κ2) is 7.39. The molecule has 0 bridgehead atoms. The van der Waals surface area contributed by atoms with Crippen molar-refractivity contribution in [1.82, 2.24) is 5.32 Å². The molecule has 18 heavy (non-hydrogen) atoms. The van der Waals surface area contributed by atoms with Crippen LogP contribution in [0, 0.1) is 5.92 Å². The monoisotopic (exact) mass is 268 g/mol. The zero-order chi connectivity index (χ0) is 13.5. The van der Waals surface area contributed by atoms with Gasteiger partial charge in [-0.05, 0) is 37.4 Å². The summed E-state index contributed by atoms with van der Waals surface area (Å²) in [6.07, 6.45) is 1.32. The molecule has 1 rings (SSSR count). The number of carbonyl (C=O) groups excluding carboxylic acids is 1. The molecule has 0 fully saturated rings. The van der Waals surface area contributed by atoms with E-state index in [4.69, 9.17) is 17.3 Å². The van der Waals surface area contributed by atoms with Gasteiger partial charge < -0.3 is 11.1 Å². The Bertz CT molecular complexity index is 395. The third kappa shape index (κ3) is 4.67. The summed E-state index contributed by atoms with van der Waals surface area (Å²) in [6, 6.07) is 7.48. The van der Waals surface area contributed by atoms with Crippen LogP contribution in [0.3, 0.4) is 0 Å². The molecule has 4 heteroatoms. The van der Waals surface area contributed by atoms with Crippen molar-refractivity contribution in [3.63, 3.8) is 0 Å². The predicted molar refractivity (Wildman–Crippen MR) is 75.5 cm³/mol. The molecule has 0 spiro atoms. The molecule has 1 aromatic carbocycles. The van der Waals surface area contributed by atoms with Crippen LogP contribution >= 0.6 is 11.6 Å². The largest absolute Gasteiger partial charge is 0.350 e. The van der Waals surface area contributed by atoms with Crippen LogP contribution in [0.1, 0.15) is 38.3 Å². The van der Waals surface area contributed by atoms with E-state index in [1.54, 1.807) is 0 Å². The van der Waals surface area contributed by atoms with Crippen LogP contribution < -0.4 is 11.1 Å². The maximum atomic E-state index is 11.8. The van der Waals surface area contributed by atoms with Gasteiger partial charge in [-0.25, -0.2) is 0 Å². The molecule has 1 unspecified atom stereocenters. The maximum absolute atomic E-state index is 11.8. The molecule has 0 aliphatic heterocycles. The van der Waals surface area contributed by atoms with Gasteiger partial charge in [0.15, 0.2) is 0 Å². The molecule has 0 aromatic heterocycles. The van der Waals surface area contributed by atoms with Crippen LogP contribution in [-0.2, 0) is 4.79 Å². The van der Waals surface area contributed by atoms with Gasteiger partial charge in [-0.1, -0.05) is 36.7 Å². The highest BCUT2D eigenvalue weighted by molar-refractivity contribution is 6.31. The molecular formula is C14H21ClN2O. The Balaban J connectivity index is 2.47. The van der Waals surface area contributed by atoms with Gasteiger partial charge in [0.2, 0.25) is 5.91 Å². The number of nitrogens with two attached hydrogens (primary N) is 1. The van der Waals surface area contributed by atoms with Gasteiger partial charge in [-0.15, -0.1) is 0 Å². The minimum Gasteiger partial charge on any atom is -0.350 e. The zero-order valence-corrected chi connectivity index (χ0v) is 11.7. The van der Waals surface area contributed by atoms with Crippen molar-refractivity contribution in [2.45, 2.75) is 32.7 Å². The van der Waals surface area contributed by atoms with E-state index in [9.17, 15) is 4.79 Å². The molecule has 0 saturated heterocycles. The Morgan fingerprint density at radius 3 is 2.67 bits per heavy atom. The average molecular weight is 269 g/mol. The Labute approximate surface area is 114 Å². The number of benzene rings is 1. The smallest absolute Gasteiger partial charge is 0.220 e. The summed E-state index contributed by atoms with van der Waals surface area (Å²) >= 11 is 6.08. The summed E-state index contributed by atoms with van der Waals surface area (Å²) in [7, 11) is 0. The van der Waals surface area contributed by atoms with Gasteiger partial charge in [0.25, 0.3) is 0 Å². The Morgan fingerprint density at radius 2 is 2.06 bits per heavy atom. The van der Waals surface area contributed by atoms with E-state index in [0.29, 0.717) is 23.9 Å². The average Bonchev–Trinajstić information content (AvgIpc) is 2.36. The van der Waals surface area contributed by atoms with Gasteiger partial charge in [0, 0.05) is 11.4 Å². The fourth-order valence-electron chi connectivity index (χ4n) is 1.71. The lowest BCUT2D eigenvalue weighted by Crippen LogP contribution is -2.27. The van der Waals surface area contributed by atoms with Gasteiger partial charge in [0.05, 0.1) is 6.04 Å². The summed E-state index contributed by atoms with van der Waals surface area (Å²) in [5.41, 5.74) is 6.47. The number of carbonyl (C=O) groups is 1. The van der Waals surface area contributed by atoms with E-state index in [2.05, 4.69) is 5.32 Å². The normalized spacial score (nSPS) is 14.0. The first kappa shape index (κ1) is 15.0. The molecule has 1 aromatic rings. The molecule has 3 nitrogen and oxygen atoms in total. The number of amides is 1. The molecule has 0 saturated carbocycles. The van der Waals surface area contributed by atoms with Crippen molar-refractivity contribution in [1.29, 1.82) is 0 Å². The van der Waals surface area contributed by atoms with Crippen LogP contribution in [0.5, 0.6) is 0 Å². The van der Waals surface area contributed by atoms with E-state index in [0.717, 1.165) is 12.0 Å². The minimum absolute atomic E-state index is 0.0442. The lowest BCUT2D eigenvalue weighted by Gasteiger charge is -2.16. The SMILES string of the molecule is CC(CN)CCC(=O)N[C@H](C)c1ccccc1Cl. The summed E-state index contributed by atoms with van der Waals surface area (Å²) in [5.74, 6) is 0.425. The molecular weight excluding hydrogens is 248 g/mol. The van der Waals surface area contributed by atoms with E-state index >= 15 is 0 Å². The lowest BCUT2D eigenvalue weighted by atomic mass is 10.0. The standard InChI is InChI=1S/C14H21ClN2O/c1-10(9-16)7-8-14(18)17-11(2)12-5-3-4-6-13(12)15/h3-6,10-11H,7-9,16H2,1-2H3,(H,17,18)/t10?,11-/m1/s1. The second-order valence-electron chi connectivity index (χ2n) is 4.69. The van der Waals surface area contributed by atoms with Crippen molar-refractivity contribution < 1.29 is 4.79 Å². The lowest BCUT2D eigenvalue weighted by molar-refractivity contribution is -0.122. The highest BCUT2D eigenvalue weighted by Gasteiger charge is 2.12. The first-order valence-corrected chi connectivity index (χ1v) is 6.66. The van der Waals surface area contributed by atoms with Crippen molar-refractivity contribution in [2.75, 3.05) is 6.54 Å². The van der Waals surface area contributed by atoms with E-state index in [1.807, 2.05) is 38.1 Å². The first-order valence-electron chi connectivity index (χ1n) is 6.28. The molecule has 0 aliphatic rings. The molecule has 0 radical (unpaired) electrons. The third-order valence-electron chi connectivity index (χ3n) is 3.02. The van der Waals surface area contributed by atoms with Gasteiger partial charge in [-0.2, -0.15) is 0 Å². The molecule has 2 atom stereocenters. The van der Waals surface area contributed by atoms with Crippen molar-refractivity contribution in [3.05, 3.63) is 34.9 Å². The summed E-state index contributed by atoms with van der Waals surface area (Å²) in [4.78, 5) is 11.8. The zero-order valence-electron chi connectivity index (χ0n) is 10.9. The number of hydrogen-bond donors (Lipinski definition) is 2. The minimum atomic E-state index is -0.0700. The summed E-state index contributed by atoms with van der Waals surface area (Å²) in [5, 5.41) is 3.63. The van der Waals surface area contributed by atoms with Crippen molar-refractivity contribution in [2.24, 2.45) is 11.7 Å². The first-order chi connectivity index (χ1) is 8.54. The number of rotatable bonds is 6. The molecule has 1 amide bonds. The maximum Gasteiger partial charge on any atom is 0.220 e. The van der Waals surface area contributed by atoms with Crippen LogP contribution in [0.4, 0.5) is 0 Å². The van der Waals surface area contributed by atoms with Crippen LogP contribution in [0.15, 0.2) is 24.3 Å². The van der Waals surface area contributed by atoms with Crippen LogP contribution in [-0.4, -0.2) is 12.5 Å². The number of halogens is 1. The van der Waals surface area contributed by atoms with Crippen molar-refractivity contribution >= 4 is 17.5 Å². The Morgan fingerprint density at radius 1 is 1.39 bits per heavy atom. The Hall–Kier alpha value is -1.06. The topological polar surface area (TPSA) is 55.1 Å². The van der Waals surface area contributed by atoms with Gasteiger partial charge in [-0.3, -0.25) is 4.79 Å². The fraction of sp³-hybridized carbons (Fsp3) is 0.500. The van der Waals surface area contributed by atoms with Crippen LogP contribution in [0.25, 0.3) is 0 Å². The number of nitrogens with one attached hydrogen (secondary N) is 1. The highest BCUT2D eigenvalue weighted by atomic mass is 35.5. The Kier molecular flexibility index (Phi) is 6.16. The summed E-state index contributed by atoms with van der Waals surface area (Å²) in [6.45, 7) is 4.60. The third-order valence-corrected chi connectivity index (χ3v) is 3.36. The van der Waals surface area contributed by atoms with E-state index in [-0.39, 0.29) is 11.9 Å². The highest BCUT2D eigenvalue weighted by Crippen LogP contribution is 2.22. The van der Waals surface area contributed by atoms with Crippen LogP contribution in [0.2, 0.25) is 5.02 Å². The van der Waals surface area contributed by atoms with Crippen molar-refractivity contribution in [3.8, 4) is 0 Å². The quantitative estimate of drug-likeness (QED) is 0.834. The number of hydrogen-bond acceptors (Lipinski definition) is 2. The van der Waals surface area contributed by atoms with E-state index in [1.165, 1.54) is 0 Å². The molecule has 0 aliphatic carbocycles. The second-order valence-corrected chi connectivity index (χ2v) is 5.10. The van der Waals surface area contributed by atoms with Gasteiger partial charge in [0.1, 0.15) is 0 Å². The molecule has 0 heterocycles. The van der Waals surface area contributed by atoms with E-state index < -0.39 is 0 Å². The molecule has 100 valence electrons. The van der Waals surface area contributed by atoms with Gasteiger partial charge >= 0.3 is 0 Å². The predicted octanol–water partition coefficient (Wildman–Crippen LogP) is 2.89. The fourth-order valence-corrected chi connectivity index (χ4v) is 2.01. The summed E-state index contributed by atoms with van der Waals surface area (Å²) < 4.78 is 0.